The van der Waals surface area contributed by atoms with Gasteiger partial charge in [0.1, 0.15) is 11.2 Å². The summed E-state index contributed by atoms with van der Waals surface area (Å²) in [5, 5.41) is 6.47. The van der Waals surface area contributed by atoms with Gasteiger partial charge in [0.2, 0.25) is 0 Å². The summed E-state index contributed by atoms with van der Waals surface area (Å²) in [5.74, 6) is -0.000504. The van der Waals surface area contributed by atoms with E-state index in [0.29, 0.717) is 38.2 Å². The first-order valence-electron chi connectivity index (χ1n) is 8.25. The van der Waals surface area contributed by atoms with E-state index >= 15 is 0 Å². The number of piperidine rings is 1. The van der Waals surface area contributed by atoms with Crippen molar-refractivity contribution in [2.75, 3.05) is 26.7 Å². The van der Waals surface area contributed by atoms with Crippen molar-refractivity contribution in [2.24, 2.45) is 5.92 Å². The van der Waals surface area contributed by atoms with Crippen molar-refractivity contribution >= 4 is 17.8 Å². The molecule has 1 spiro atoms. The maximum Gasteiger partial charge on any atom is 0.327 e. The molecule has 1 N–H and O–H groups in total. The van der Waals surface area contributed by atoms with Gasteiger partial charge in [0.25, 0.3) is 11.8 Å². The molecule has 24 heavy (non-hydrogen) atoms. The molecule has 1 aromatic rings. The smallest absolute Gasteiger partial charge is 0.327 e. The number of aromatic nitrogens is 2. The molecule has 0 aliphatic carbocycles. The summed E-state index contributed by atoms with van der Waals surface area (Å²) in [6, 6.07) is 1.40. The summed E-state index contributed by atoms with van der Waals surface area (Å²) in [6.07, 6.45) is 2.47. The second-order valence-corrected chi connectivity index (χ2v) is 6.95. The van der Waals surface area contributed by atoms with Crippen LogP contribution in [0.5, 0.6) is 0 Å². The maximum absolute atomic E-state index is 12.7. The number of aromatic amines is 1. The topological polar surface area (TPSA) is 89.6 Å². The highest BCUT2D eigenvalue weighted by molar-refractivity contribution is 6.07. The summed E-state index contributed by atoms with van der Waals surface area (Å²) >= 11 is 0. The molecule has 0 unspecified atom stereocenters. The zero-order valence-corrected chi connectivity index (χ0v) is 14.3. The van der Waals surface area contributed by atoms with E-state index < -0.39 is 5.54 Å². The van der Waals surface area contributed by atoms with Gasteiger partial charge in [-0.3, -0.25) is 19.6 Å². The third kappa shape index (κ3) is 2.46. The summed E-state index contributed by atoms with van der Waals surface area (Å²) in [7, 11) is 1.54. The van der Waals surface area contributed by atoms with Crippen LogP contribution in [-0.4, -0.2) is 75.0 Å². The van der Waals surface area contributed by atoms with Crippen molar-refractivity contribution in [1.82, 2.24) is 24.9 Å². The lowest BCUT2D eigenvalue weighted by Crippen LogP contribution is -2.58. The molecule has 2 aliphatic rings. The van der Waals surface area contributed by atoms with Crippen molar-refractivity contribution in [3.8, 4) is 0 Å². The highest BCUT2D eigenvalue weighted by Gasteiger charge is 2.57. The van der Waals surface area contributed by atoms with Crippen LogP contribution in [0.4, 0.5) is 4.79 Å². The van der Waals surface area contributed by atoms with Crippen LogP contribution in [0, 0.1) is 5.92 Å². The number of likely N-dealkylation sites (tertiary alicyclic amines) is 1. The first-order valence-corrected chi connectivity index (χ1v) is 8.25. The Balaban J connectivity index is 1.78. The van der Waals surface area contributed by atoms with E-state index in [-0.39, 0.29) is 23.8 Å². The second-order valence-electron chi connectivity index (χ2n) is 6.95. The molecule has 1 aromatic heterocycles. The van der Waals surface area contributed by atoms with E-state index in [1.807, 2.05) is 13.8 Å². The normalized spacial score (nSPS) is 20.6. The predicted molar refractivity (Wildman–Crippen MR) is 86.2 cm³/mol. The van der Waals surface area contributed by atoms with Crippen LogP contribution < -0.4 is 0 Å². The molecule has 130 valence electrons. The SMILES string of the molecule is CC(C)CN1C(=O)N(C)C(=O)C12CCN(C(=O)c1ccn[nH]1)CC2. The standard InChI is InChI=1S/C16H23N5O3/c1-11(2)10-21-15(24)19(3)14(23)16(21)5-8-20(9-6-16)13(22)12-4-7-17-18-12/h4,7,11H,5-6,8-10H2,1-3H3,(H,17,18). The lowest BCUT2D eigenvalue weighted by molar-refractivity contribution is -0.134. The Kier molecular flexibility index (Phi) is 4.06. The molecule has 0 saturated carbocycles. The van der Waals surface area contributed by atoms with Gasteiger partial charge in [0, 0.05) is 32.9 Å². The van der Waals surface area contributed by atoms with Gasteiger partial charge < -0.3 is 9.80 Å². The monoisotopic (exact) mass is 333 g/mol. The first-order chi connectivity index (χ1) is 11.4. The minimum atomic E-state index is -0.805. The number of imide groups is 1. The summed E-state index contributed by atoms with van der Waals surface area (Å²) in [6.45, 7) is 5.49. The number of urea groups is 1. The Morgan fingerprint density at radius 3 is 2.54 bits per heavy atom. The van der Waals surface area contributed by atoms with E-state index in [9.17, 15) is 14.4 Å². The van der Waals surface area contributed by atoms with Gasteiger partial charge in [-0.15, -0.1) is 0 Å². The average molecular weight is 333 g/mol. The molecule has 3 heterocycles. The van der Waals surface area contributed by atoms with E-state index in [1.165, 1.54) is 18.1 Å². The number of rotatable bonds is 3. The largest absolute Gasteiger partial charge is 0.337 e. The molecule has 8 nitrogen and oxygen atoms in total. The van der Waals surface area contributed by atoms with Crippen LogP contribution in [0.3, 0.4) is 0 Å². The molecule has 2 saturated heterocycles. The molecule has 3 rings (SSSR count). The van der Waals surface area contributed by atoms with Gasteiger partial charge in [0.15, 0.2) is 0 Å². The number of carbonyl (C=O) groups excluding carboxylic acids is 3. The Labute approximate surface area is 140 Å². The molecule has 0 aromatic carbocycles. The van der Waals surface area contributed by atoms with Crippen LogP contribution in [-0.2, 0) is 4.79 Å². The number of hydrogen-bond donors (Lipinski definition) is 1. The van der Waals surface area contributed by atoms with Crippen LogP contribution in [0.2, 0.25) is 0 Å². The highest BCUT2D eigenvalue weighted by atomic mass is 16.2. The number of hydrogen-bond acceptors (Lipinski definition) is 4. The van der Waals surface area contributed by atoms with Crippen molar-refractivity contribution in [2.45, 2.75) is 32.2 Å². The maximum atomic E-state index is 12.7. The lowest BCUT2D eigenvalue weighted by atomic mass is 9.85. The van der Waals surface area contributed by atoms with Crippen LogP contribution in [0.25, 0.3) is 0 Å². The van der Waals surface area contributed by atoms with Crippen LogP contribution >= 0.6 is 0 Å². The number of nitrogens with one attached hydrogen (secondary N) is 1. The highest BCUT2D eigenvalue weighted by Crippen LogP contribution is 2.37. The Morgan fingerprint density at radius 1 is 1.33 bits per heavy atom. The molecular weight excluding hydrogens is 310 g/mol. The van der Waals surface area contributed by atoms with Crippen molar-refractivity contribution in [3.63, 3.8) is 0 Å². The minimum absolute atomic E-state index is 0.122. The third-order valence-corrected chi connectivity index (χ3v) is 4.89. The van der Waals surface area contributed by atoms with E-state index in [0.717, 1.165) is 0 Å². The lowest BCUT2D eigenvalue weighted by Gasteiger charge is -2.42. The minimum Gasteiger partial charge on any atom is -0.337 e. The first kappa shape index (κ1) is 16.5. The fourth-order valence-electron chi connectivity index (χ4n) is 3.61. The van der Waals surface area contributed by atoms with Crippen molar-refractivity contribution in [3.05, 3.63) is 18.0 Å². The molecule has 0 atom stereocenters. The quantitative estimate of drug-likeness (QED) is 0.834. The molecule has 8 heteroatoms. The Bertz CT molecular complexity index is 647. The van der Waals surface area contributed by atoms with Gasteiger partial charge >= 0.3 is 6.03 Å². The second kappa shape index (κ2) is 5.92. The third-order valence-electron chi connectivity index (χ3n) is 4.89. The summed E-state index contributed by atoms with van der Waals surface area (Å²) in [4.78, 5) is 42.2. The number of carbonyl (C=O) groups is 3. The number of nitrogens with zero attached hydrogens (tertiary/aromatic N) is 4. The van der Waals surface area contributed by atoms with Gasteiger partial charge in [-0.1, -0.05) is 13.8 Å². The number of amides is 4. The van der Waals surface area contributed by atoms with Gasteiger partial charge in [-0.2, -0.15) is 5.10 Å². The van der Waals surface area contributed by atoms with Crippen LogP contribution in [0.1, 0.15) is 37.2 Å². The summed E-state index contributed by atoms with van der Waals surface area (Å²) in [5.41, 5.74) is -0.364. The Morgan fingerprint density at radius 2 is 2.00 bits per heavy atom. The fourth-order valence-corrected chi connectivity index (χ4v) is 3.61. The van der Waals surface area contributed by atoms with E-state index in [2.05, 4.69) is 10.2 Å². The average Bonchev–Trinajstić information content (AvgIpc) is 3.15. The summed E-state index contributed by atoms with van der Waals surface area (Å²) < 4.78 is 0. The van der Waals surface area contributed by atoms with E-state index in [1.54, 1.807) is 15.9 Å². The van der Waals surface area contributed by atoms with Gasteiger partial charge in [-0.05, 0) is 24.8 Å². The molecule has 2 aliphatic heterocycles. The molecular formula is C16H23N5O3. The predicted octanol–water partition coefficient (Wildman–Crippen LogP) is 0.934. The number of likely N-dealkylation sites (N-methyl/N-ethyl adjacent to an activating group) is 1. The molecule has 4 amide bonds. The molecule has 0 radical (unpaired) electrons. The zero-order chi connectivity index (χ0) is 17.5. The molecule has 0 bridgehead atoms. The number of H-pyrrole nitrogens is 1. The molecule has 2 fully saturated rings. The van der Waals surface area contributed by atoms with E-state index in [4.69, 9.17) is 0 Å². The van der Waals surface area contributed by atoms with Crippen LogP contribution in [0.15, 0.2) is 12.3 Å². The Hall–Kier alpha value is -2.38. The zero-order valence-electron chi connectivity index (χ0n) is 14.3. The fraction of sp³-hybridized carbons (Fsp3) is 0.625. The van der Waals surface area contributed by atoms with Gasteiger partial charge in [0.05, 0.1) is 0 Å². The van der Waals surface area contributed by atoms with Gasteiger partial charge in [-0.25, -0.2) is 4.79 Å². The van der Waals surface area contributed by atoms with Crippen molar-refractivity contribution in [1.29, 1.82) is 0 Å². The van der Waals surface area contributed by atoms with Crippen molar-refractivity contribution < 1.29 is 14.4 Å².